The summed E-state index contributed by atoms with van der Waals surface area (Å²) < 4.78 is 0. The highest BCUT2D eigenvalue weighted by molar-refractivity contribution is 5.96. The molecule has 0 saturated heterocycles. The van der Waals surface area contributed by atoms with Crippen LogP contribution < -0.4 is 5.11 Å². The number of hydrogen-bond acceptors (Lipinski definition) is 4. The summed E-state index contributed by atoms with van der Waals surface area (Å²) in [6, 6.07) is 26.2. The molecule has 3 aromatic rings. The second kappa shape index (κ2) is 18.0. The van der Waals surface area contributed by atoms with Crippen LogP contribution in [-0.4, -0.2) is 34.9 Å². The summed E-state index contributed by atoms with van der Waals surface area (Å²) >= 11 is 0. The highest BCUT2D eigenvalue weighted by atomic mass is 16.3. The average Bonchev–Trinajstić information content (AvgIpc) is 3.00. The Morgan fingerprint density at radius 1 is 0.775 bits per heavy atom. The number of unbranched alkanes of at least 4 members (excludes halogenated alkanes) is 6. The third-order valence-electron chi connectivity index (χ3n) is 7.48. The van der Waals surface area contributed by atoms with E-state index in [1.54, 1.807) is 6.20 Å². The standard InChI is InChI=1S/C35H47N3O2/c1-3-5-7-16-27-37-35(40)38(28-18-8-6-4-2)34(39)32(33-23-15-17-26-36-33)25-24-31(29-19-11-9-12-20-29)30-21-13-10-14-22-30/h9-15,17,19-23,26,31-32H,3-8,16,18,24-25,27-28H2,1-2H3,(H,37,40)/p-1. The first-order valence-corrected chi connectivity index (χ1v) is 15.2. The lowest BCUT2D eigenvalue weighted by Crippen LogP contribution is -2.47. The van der Waals surface area contributed by atoms with Crippen molar-refractivity contribution in [1.29, 1.82) is 0 Å². The molecule has 1 aromatic heterocycles. The molecule has 0 spiro atoms. The smallest absolute Gasteiger partial charge is 0.236 e. The number of amidine groups is 1. The predicted molar refractivity (Wildman–Crippen MR) is 163 cm³/mol. The van der Waals surface area contributed by atoms with Crippen molar-refractivity contribution in [2.24, 2.45) is 4.99 Å². The van der Waals surface area contributed by atoms with Gasteiger partial charge in [-0.2, -0.15) is 0 Å². The van der Waals surface area contributed by atoms with Gasteiger partial charge in [0.05, 0.1) is 17.6 Å². The number of pyridine rings is 1. The fourth-order valence-corrected chi connectivity index (χ4v) is 5.19. The first kappa shape index (κ1) is 31.1. The van der Waals surface area contributed by atoms with Gasteiger partial charge in [0, 0.05) is 25.2 Å². The van der Waals surface area contributed by atoms with Crippen molar-refractivity contribution >= 4 is 11.9 Å². The molecule has 1 amide bonds. The van der Waals surface area contributed by atoms with E-state index < -0.39 is 11.9 Å². The van der Waals surface area contributed by atoms with Crippen molar-refractivity contribution in [3.8, 4) is 0 Å². The minimum atomic E-state index is -0.512. The van der Waals surface area contributed by atoms with Crippen LogP contribution in [0.1, 0.15) is 107 Å². The van der Waals surface area contributed by atoms with Gasteiger partial charge in [-0.15, -0.1) is 0 Å². The molecule has 0 fully saturated rings. The monoisotopic (exact) mass is 540 g/mol. The van der Waals surface area contributed by atoms with Gasteiger partial charge in [0.1, 0.15) is 0 Å². The summed E-state index contributed by atoms with van der Waals surface area (Å²) in [5.74, 6) is -0.558. The molecule has 2 aromatic carbocycles. The molecular weight excluding hydrogens is 494 g/mol. The molecule has 0 aliphatic carbocycles. The number of hydrogen-bond donors (Lipinski definition) is 0. The molecule has 1 heterocycles. The SMILES string of the molecule is CCCCCCN=C([O-])N(CCCCCC)C(=O)C(CCC(c1ccccc1)c1ccccc1)c1ccccn1. The first-order valence-electron chi connectivity index (χ1n) is 15.2. The summed E-state index contributed by atoms with van der Waals surface area (Å²) in [5.41, 5.74) is 3.15. The zero-order valence-electron chi connectivity index (χ0n) is 24.4. The highest BCUT2D eigenvalue weighted by Gasteiger charge is 2.28. The van der Waals surface area contributed by atoms with Crippen LogP contribution in [0.25, 0.3) is 0 Å². The van der Waals surface area contributed by atoms with E-state index in [2.05, 4.69) is 72.4 Å². The topological polar surface area (TPSA) is 68.6 Å². The predicted octanol–water partition coefficient (Wildman–Crippen LogP) is 7.48. The van der Waals surface area contributed by atoms with Crippen LogP contribution in [0, 0.1) is 0 Å². The normalized spacial score (nSPS) is 12.4. The summed E-state index contributed by atoms with van der Waals surface area (Å²) in [6.07, 6.45) is 11.2. The van der Waals surface area contributed by atoms with Crippen LogP contribution in [0.3, 0.4) is 0 Å². The number of carbonyl (C=O) groups is 1. The molecule has 5 heteroatoms. The Morgan fingerprint density at radius 3 is 1.95 bits per heavy atom. The van der Waals surface area contributed by atoms with Gasteiger partial charge in [0.2, 0.25) is 5.91 Å². The maximum atomic E-state index is 14.2. The fourth-order valence-electron chi connectivity index (χ4n) is 5.19. The number of nitrogens with zero attached hydrogens (tertiary/aromatic N) is 3. The Morgan fingerprint density at radius 2 is 1.38 bits per heavy atom. The molecule has 0 saturated carbocycles. The average molecular weight is 541 g/mol. The molecule has 5 nitrogen and oxygen atoms in total. The molecule has 0 bridgehead atoms. The molecule has 1 unspecified atom stereocenters. The molecule has 3 rings (SSSR count). The van der Waals surface area contributed by atoms with Gasteiger partial charge in [0.25, 0.3) is 0 Å². The number of carbonyl (C=O) groups excluding carboxylic acids is 1. The third kappa shape index (κ3) is 9.93. The van der Waals surface area contributed by atoms with Crippen LogP contribution >= 0.6 is 0 Å². The van der Waals surface area contributed by atoms with Crippen LogP contribution in [0.5, 0.6) is 0 Å². The Bertz CT molecular complexity index is 1080. The van der Waals surface area contributed by atoms with Gasteiger partial charge in [-0.1, -0.05) is 119 Å². The van der Waals surface area contributed by atoms with E-state index in [0.29, 0.717) is 25.2 Å². The summed E-state index contributed by atoms with van der Waals surface area (Å²) in [5, 5.41) is 13.3. The summed E-state index contributed by atoms with van der Waals surface area (Å²) in [4.78, 5) is 24.5. The summed E-state index contributed by atoms with van der Waals surface area (Å²) in [6.45, 7) is 5.19. The lowest BCUT2D eigenvalue weighted by atomic mass is 9.84. The van der Waals surface area contributed by atoms with Crippen LogP contribution in [0.15, 0.2) is 90.1 Å². The van der Waals surface area contributed by atoms with E-state index in [1.807, 2.05) is 30.3 Å². The Hall–Kier alpha value is -3.47. The molecule has 40 heavy (non-hydrogen) atoms. The van der Waals surface area contributed by atoms with E-state index in [1.165, 1.54) is 16.0 Å². The minimum Gasteiger partial charge on any atom is -0.846 e. The molecule has 0 radical (unpaired) electrons. The first-order chi connectivity index (χ1) is 19.7. The zero-order valence-corrected chi connectivity index (χ0v) is 24.4. The third-order valence-corrected chi connectivity index (χ3v) is 7.48. The number of amides is 1. The van der Waals surface area contributed by atoms with Gasteiger partial charge in [-0.25, -0.2) is 0 Å². The van der Waals surface area contributed by atoms with E-state index in [9.17, 15) is 9.90 Å². The van der Waals surface area contributed by atoms with Crippen molar-refractivity contribution < 1.29 is 9.90 Å². The maximum Gasteiger partial charge on any atom is 0.236 e. The second-order valence-corrected chi connectivity index (χ2v) is 10.5. The molecule has 214 valence electrons. The summed E-state index contributed by atoms with van der Waals surface area (Å²) in [7, 11) is 0. The Balaban J connectivity index is 1.86. The second-order valence-electron chi connectivity index (χ2n) is 10.5. The van der Waals surface area contributed by atoms with Crippen LogP contribution in [0.2, 0.25) is 0 Å². The van der Waals surface area contributed by atoms with Crippen molar-refractivity contribution in [2.75, 3.05) is 13.1 Å². The molecular formula is C35H46N3O2-. The molecule has 1 atom stereocenters. The van der Waals surface area contributed by atoms with Crippen molar-refractivity contribution in [1.82, 2.24) is 9.88 Å². The quantitative estimate of drug-likeness (QED) is 0.101. The number of benzene rings is 2. The van der Waals surface area contributed by atoms with Gasteiger partial charge in [-0.05, 0) is 48.9 Å². The highest BCUT2D eigenvalue weighted by Crippen LogP contribution is 2.33. The van der Waals surface area contributed by atoms with E-state index in [-0.39, 0.29) is 11.8 Å². The number of rotatable bonds is 17. The van der Waals surface area contributed by atoms with Gasteiger partial charge in [-0.3, -0.25) is 14.8 Å². The minimum absolute atomic E-state index is 0.137. The van der Waals surface area contributed by atoms with Gasteiger partial charge >= 0.3 is 0 Å². The van der Waals surface area contributed by atoms with Crippen molar-refractivity contribution in [3.05, 3.63) is 102 Å². The van der Waals surface area contributed by atoms with Crippen LogP contribution in [-0.2, 0) is 4.79 Å². The fraction of sp³-hybridized carbons (Fsp3) is 0.457. The number of aliphatic imine (C=N–C) groups is 1. The molecule has 0 N–H and O–H groups in total. The molecule has 0 aliphatic heterocycles. The maximum absolute atomic E-state index is 14.2. The largest absolute Gasteiger partial charge is 0.846 e. The van der Waals surface area contributed by atoms with Crippen LogP contribution in [0.4, 0.5) is 0 Å². The Kier molecular flexibility index (Phi) is 14.0. The van der Waals surface area contributed by atoms with Crippen molar-refractivity contribution in [3.63, 3.8) is 0 Å². The van der Waals surface area contributed by atoms with Gasteiger partial charge in [0.15, 0.2) is 0 Å². The lowest BCUT2D eigenvalue weighted by molar-refractivity contribution is -0.234. The van der Waals surface area contributed by atoms with E-state index in [4.69, 9.17) is 0 Å². The van der Waals surface area contributed by atoms with E-state index >= 15 is 0 Å². The Labute approximate surface area is 241 Å². The van der Waals surface area contributed by atoms with Gasteiger partial charge < -0.3 is 10.0 Å². The lowest BCUT2D eigenvalue weighted by Gasteiger charge is -2.32. The van der Waals surface area contributed by atoms with E-state index in [0.717, 1.165) is 57.8 Å². The zero-order chi connectivity index (χ0) is 28.4. The number of aromatic nitrogens is 1. The van der Waals surface area contributed by atoms with Crippen molar-refractivity contribution in [2.45, 2.75) is 89.9 Å². The molecule has 0 aliphatic rings.